The third-order valence-corrected chi connectivity index (χ3v) is 2.96. The van der Waals surface area contributed by atoms with E-state index in [2.05, 4.69) is 0 Å². The Morgan fingerprint density at radius 2 is 1.88 bits per heavy atom. The third-order valence-electron chi connectivity index (χ3n) is 2.96. The van der Waals surface area contributed by atoms with Gasteiger partial charge in [-0.2, -0.15) is 0 Å². The van der Waals surface area contributed by atoms with Crippen LogP contribution in [0.3, 0.4) is 0 Å². The molecule has 0 spiro atoms. The van der Waals surface area contributed by atoms with Crippen molar-refractivity contribution in [3.63, 3.8) is 0 Å². The summed E-state index contributed by atoms with van der Waals surface area (Å²) >= 11 is 0. The number of carbonyl (C=O) groups is 2. The molecule has 0 heterocycles. The van der Waals surface area contributed by atoms with E-state index in [0.717, 1.165) is 25.7 Å². The van der Waals surface area contributed by atoms with Gasteiger partial charge in [0.25, 0.3) is 0 Å². The van der Waals surface area contributed by atoms with Crippen LogP contribution >= 0.6 is 12.4 Å². The number of nitrogens with zero attached hydrogens (tertiary/aromatic N) is 1. The molecule has 1 aliphatic rings. The lowest BCUT2D eigenvalue weighted by Crippen LogP contribution is -2.47. The molecule has 6 heteroatoms. The Balaban J connectivity index is 0.00000225. The van der Waals surface area contributed by atoms with Gasteiger partial charge < -0.3 is 16.4 Å². The zero-order valence-corrected chi connectivity index (χ0v) is 10.3. The molecular formula is C10H20ClN3O2. The van der Waals surface area contributed by atoms with Gasteiger partial charge in [0.15, 0.2) is 0 Å². The average molecular weight is 250 g/mol. The number of nitrogens with two attached hydrogens (primary N) is 2. The summed E-state index contributed by atoms with van der Waals surface area (Å²) in [6.45, 7) is 0. The molecule has 0 bridgehead atoms. The maximum atomic E-state index is 11.8. The summed E-state index contributed by atoms with van der Waals surface area (Å²) in [5.41, 5.74) is 10.6. The van der Waals surface area contributed by atoms with E-state index < -0.39 is 11.9 Å². The SMILES string of the molecule is CN(C(=O)C(N)CC(N)=O)C1CCCC1.Cl. The second-order valence-corrected chi connectivity index (χ2v) is 4.16. The average Bonchev–Trinajstić information content (AvgIpc) is 2.67. The smallest absolute Gasteiger partial charge is 0.240 e. The predicted molar refractivity (Wildman–Crippen MR) is 64.1 cm³/mol. The lowest BCUT2D eigenvalue weighted by atomic mass is 10.1. The molecule has 0 aromatic rings. The molecule has 4 N–H and O–H groups in total. The van der Waals surface area contributed by atoms with Gasteiger partial charge >= 0.3 is 0 Å². The van der Waals surface area contributed by atoms with Crippen LogP contribution in [0.15, 0.2) is 0 Å². The summed E-state index contributed by atoms with van der Waals surface area (Å²) in [6, 6.07) is -0.496. The summed E-state index contributed by atoms with van der Waals surface area (Å²) in [5, 5.41) is 0. The lowest BCUT2D eigenvalue weighted by Gasteiger charge is -2.26. The summed E-state index contributed by atoms with van der Waals surface area (Å²) < 4.78 is 0. The topological polar surface area (TPSA) is 89.4 Å². The molecule has 1 atom stereocenters. The molecule has 0 aromatic carbocycles. The molecule has 1 aliphatic carbocycles. The van der Waals surface area contributed by atoms with Crippen molar-refractivity contribution < 1.29 is 9.59 Å². The minimum Gasteiger partial charge on any atom is -0.370 e. The van der Waals surface area contributed by atoms with Crippen LogP contribution in [0.2, 0.25) is 0 Å². The van der Waals surface area contributed by atoms with Gasteiger partial charge in [-0.1, -0.05) is 12.8 Å². The first kappa shape index (κ1) is 15.2. The van der Waals surface area contributed by atoms with Crippen LogP contribution in [0.25, 0.3) is 0 Å². The first-order valence-corrected chi connectivity index (χ1v) is 5.33. The van der Waals surface area contributed by atoms with Crippen LogP contribution in [-0.4, -0.2) is 35.8 Å². The Morgan fingerprint density at radius 3 is 2.31 bits per heavy atom. The van der Waals surface area contributed by atoms with E-state index >= 15 is 0 Å². The molecule has 5 nitrogen and oxygen atoms in total. The predicted octanol–water partition coefficient (Wildman–Crippen LogP) is 0.0119. The molecule has 94 valence electrons. The van der Waals surface area contributed by atoms with Gasteiger partial charge in [-0.05, 0) is 12.8 Å². The van der Waals surface area contributed by atoms with Gasteiger partial charge in [-0.3, -0.25) is 9.59 Å². The monoisotopic (exact) mass is 249 g/mol. The summed E-state index contributed by atoms with van der Waals surface area (Å²) in [4.78, 5) is 24.1. The second-order valence-electron chi connectivity index (χ2n) is 4.16. The van der Waals surface area contributed by atoms with Crippen molar-refractivity contribution in [3.05, 3.63) is 0 Å². The largest absolute Gasteiger partial charge is 0.370 e. The van der Waals surface area contributed by atoms with E-state index in [1.807, 2.05) is 0 Å². The van der Waals surface area contributed by atoms with Gasteiger partial charge in [0.1, 0.15) is 0 Å². The number of hydrogen-bond donors (Lipinski definition) is 2. The molecule has 1 fully saturated rings. The second kappa shape index (κ2) is 6.70. The van der Waals surface area contributed by atoms with Gasteiger partial charge in [0.05, 0.1) is 12.5 Å². The number of primary amides is 1. The van der Waals surface area contributed by atoms with Crippen LogP contribution in [-0.2, 0) is 9.59 Å². The van der Waals surface area contributed by atoms with Crippen LogP contribution in [0.1, 0.15) is 32.1 Å². The van der Waals surface area contributed by atoms with Crippen molar-refractivity contribution in [1.82, 2.24) is 4.90 Å². The van der Waals surface area contributed by atoms with Crippen molar-refractivity contribution in [2.75, 3.05) is 7.05 Å². The molecule has 0 radical (unpaired) electrons. The Bertz CT molecular complexity index is 254. The number of halogens is 1. The van der Waals surface area contributed by atoms with Crippen LogP contribution in [0.4, 0.5) is 0 Å². The van der Waals surface area contributed by atoms with Gasteiger partial charge in [-0.25, -0.2) is 0 Å². The lowest BCUT2D eigenvalue weighted by molar-refractivity contribution is -0.135. The third kappa shape index (κ3) is 3.98. The van der Waals surface area contributed by atoms with Crippen molar-refractivity contribution in [2.24, 2.45) is 11.5 Å². The Kier molecular flexibility index (Phi) is 6.36. The van der Waals surface area contributed by atoms with Gasteiger partial charge in [0.2, 0.25) is 11.8 Å². The minimum atomic E-state index is -0.784. The maximum Gasteiger partial charge on any atom is 0.240 e. The van der Waals surface area contributed by atoms with E-state index in [1.54, 1.807) is 11.9 Å². The van der Waals surface area contributed by atoms with E-state index in [9.17, 15) is 9.59 Å². The van der Waals surface area contributed by atoms with Crippen LogP contribution in [0, 0.1) is 0 Å². The number of rotatable bonds is 4. The fourth-order valence-electron chi connectivity index (χ4n) is 2.04. The zero-order valence-electron chi connectivity index (χ0n) is 9.52. The van der Waals surface area contributed by atoms with Gasteiger partial charge in [-0.15, -0.1) is 12.4 Å². The molecule has 0 saturated heterocycles. The first-order valence-electron chi connectivity index (χ1n) is 5.33. The van der Waals surface area contributed by atoms with E-state index in [1.165, 1.54) is 0 Å². The highest BCUT2D eigenvalue weighted by molar-refractivity contribution is 5.87. The van der Waals surface area contributed by atoms with Crippen LogP contribution < -0.4 is 11.5 Å². The summed E-state index contributed by atoms with van der Waals surface area (Å²) in [7, 11) is 1.75. The molecule has 1 saturated carbocycles. The van der Waals surface area contributed by atoms with Crippen molar-refractivity contribution >= 4 is 24.2 Å². The number of hydrogen-bond acceptors (Lipinski definition) is 3. The van der Waals surface area contributed by atoms with Gasteiger partial charge in [0, 0.05) is 13.1 Å². The van der Waals surface area contributed by atoms with Crippen LogP contribution in [0.5, 0.6) is 0 Å². The van der Waals surface area contributed by atoms with E-state index in [4.69, 9.17) is 11.5 Å². The number of amides is 2. The highest BCUT2D eigenvalue weighted by Crippen LogP contribution is 2.22. The highest BCUT2D eigenvalue weighted by Gasteiger charge is 2.27. The molecule has 0 aromatic heterocycles. The number of carbonyl (C=O) groups excluding carboxylic acids is 2. The quantitative estimate of drug-likeness (QED) is 0.736. The molecule has 16 heavy (non-hydrogen) atoms. The van der Waals surface area contributed by atoms with E-state index in [0.29, 0.717) is 0 Å². The maximum absolute atomic E-state index is 11.8. The summed E-state index contributed by atoms with van der Waals surface area (Å²) in [6.07, 6.45) is 4.31. The molecule has 1 unspecified atom stereocenters. The summed E-state index contributed by atoms with van der Waals surface area (Å²) in [5.74, 6) is -0.712. The molecule has 2 amide bonds. The normalized spacial score (nSPS) is 17.6. The van der Waals surface area contributed by atoms with Crippen molar-refractivity contribution in [2.45, 2.75) is 44.2 Å². The first-order chi connectivity index (χ1) is 7.02. The minimum absolute atomic E-state index is 0. The fraction of sp³-hybridized carbons (Fsp3) is 0.800. The van der Waals surface area contributed by atoms with Crippen molar-refractivity contribution in [3.8, 4) is 0 Å². The van der Waals surface area contributed by atoms with Crippen molar-refractivity contribution in [1.29, 1.82) is 0 Å². The Labute approximate surface area is 102 Å². The molecule has 0 aliphatic heterocycles. The van der Waals surface area contributed by atoms with E-state index in [-0.39, 0.29) is 30.8 Å². The standard InChI is InChI=1S/C10H19N3O2.ClH/c1-13(7-4-2-3-5-7)10(15)8(11)6-9(12)14;/h7-8H,2-6,11H2,1H3,(H2,12,14);1H. The fourth-order valence-corrected chi connectivity index (χ4v) is 2.04. The Hall–Kier alpha value is -0.810. The Morgan fingerprint density at radius 1 is 1.38 bits per heavy atom. The zero-order chi connectivity index (χ0) is 11.4. The number of likely N-dealkylation sites (N-methyl/N-ethyl adjacent to an activating group) is 1. The molecule has 1 rings (SSSR count). The highest BCUT2D eigenvalue weighted by atomic mass is 35.5. The molecular weight excluding hydrogens is 230 g/mol.